The average Bonchev–Trinajstić information content (AvgIpc) is 2.97. The molecule has 0 bridgehead atoms. The van der Waals surface area contributed by atoms with Gasteiger partial charge in [0, 0.05) is 36.4 Å². The number of carbonyl (C=O) groups is 1. The van der Waals surface area contributed by atoms with Gasteiger partial charge in [0.15, 0.2) is 0 Å². The van der Waals surface area contributed by atoms with E-state index in [0.717, 1.165) is 56.2 Å². The second-order valence-electron chi connectivity index (χ2n) is 5.96. The fourth-order valence-electron chi connectivity index (χ4n) is 3.18. The highest BCUT2D eigenvalue weighted by Gasteiger charge is 2.27. The summed E-state index contributed by atoms with van der Waals surface area (Å²) in [5.74, 6) is 0.346. The maximum absolute atomic E-state index is 12.3. The van der Waals surface area contributed by atoms with Crippen LogP contribution in [0.25, 0.3) is 0 Å². The second kappa shape index (κ2) is 6.67. The Bertz CT molecular complexity index is 502. The van der Waals surface area contributed by atoms with E-state index in [1.807, 2.05) is 18.2 Å². The fraction of sp³-hybridized carbons (Fsp3) is 0.562. The number of piperidine rings is 1. The molecular weight excluding hydrogens is 286 g/mol. The number of rotatable bonds is 3. The van der Waals surface area contributed by atoms with Crippen molar-refractivity contribution in [1.82, 2.24) is 10.6 Å². The lowest BCUT2D eigenvalue weighted by molar-refractivity contribution is -0.126. The van der Waals surface area contributed by atoms with Crippen molar-refractivity contribution in [3.8, 4) is 0 Å². The minimum atomic E-state index is 0.138. The maximum atomic E-state index is 12.3. The van der Waals surface area contributed by atoms with Crippen LogP contribution < -0.4 is 15.5 Å². The van der Waals surface area contributed by atoms with E-state index < -0.39 is 0 Å². The summed E-state index contributed by atoms with van der Waals surface area (Å²) >= 11 is 6.04. The summed E-state index contributed by atoms with van der Waals surface area (Å²) in [6.45, 7) is 3.69. The molecule has 1 aromatic rings. The molecule has 0 spiro atoms. The molecule has 2 saturated heterocycles. The van der Waals surface area contributed by atoms with Gasteiger partial charge in [-0.05, 0) is 44.0 Å². The number of benzene rings is 1. The first kappa shape index (κ1) is 14.7. The molecule has 0 aromatic heterocycles. The molecule has 114 valence electrons. The molecule has 2 fully saturated rings. The van der Waals surface area contributed by atoms with E-state index in [0.29, 0.717) is 0 Å². The number of nitrogens with zero attached hydrogens (tertiary/aromatic N) is 1. The summed E-state index contributed by atoms with van der Waals surface area (Å²) in [5, 5.41) is 7.26. The summed E-state index contributed by atoms with van der Waals surface area (Å²) in [6.07, 6.45) is 3.10. The van der Waals surface area contributed by atoms with E-state index in [2.05, 4.69) is 21.6 Å². The Kier molecular flexibility index (Phi) is 4.66. The fourth-order valence-corrected chi connectivity index (χ4v) is 3.36. The van der Waals surface area contributed by atoms with Crippen LogP contribution in [0.2, 0.25) is 5.02 Å². The van der Waals surface area contributed by atoms with Crippen LogP contribution in [0, 0.1) is 5.92 Å². The highest BCUT2D eigenvalue weighted by molar-refractivity contribution is 6.30. The van der Waals surface area contributed by atoms with Crippen LogP contribution in [0.5, 0.6) is 0 Å². The Balaban J connectivity index is 1.53. The van der Waals surface area contributed by atoms with Gasteiger partial charge < -0.3 is 15.5 Å². The molecule has 2 aliphatic heterocycles. The normalized spacial score (nSPS) is 25.9. The molecule has 3 rings (SSSR count). The SMILES string of the molecule is O=C(NC1CCN(c2cccc(Cl)c2)C1)C1CCCNC1. The van der Waals surface area contributed by atoms with E-state index in [-0.39, 0.29) is 17.9 Å². The number of hydrogen-bond donors (Lipinski definition) is 2. The third-order valence-corrected chi connectivity index (χ3v) is 4.61. The number of anilines is 1. The predicted octanol–water partition coefficient (Wildman–Crippen LogP) is 2.03. The van der Waals surface area contributed by atoms with E-state index in [9.17, 15) is 4.79 Å². The summed E-state index contributed by atoms with van der Waals surface area (Å²) in [7, 11) is 0. The zero-order valence-electron chi connectivity index (χ0n) is 12.1. The first-order valence-electron chi connectivity index (χ1n) is 7.74. The highest BCUT2D eigenvalue weighted by atomic mass is 35.5. The third-order valence-electron chi connectivity index (χ3n) is 4.38. The van der Waals surface area contributed by atoms with Crippen LogP contribution in [0.1, 0.15) is 19.3 Å². The zero-order chi connectivity index (χ0) is 14.7. The number of hydrogen-bond acceptors (Lipinski definition) is 3. The molecule has 4 nitrogen and oxygen atoms in total. The number of halogens is 1. The van der Waals surface area contributed by atoms with Crippen molar-refractivity contribution >= 4 is 23.2 Å². The summed E-state index contributed by atoms with van der Waals surface area (Å²) < 4.78 is 0. The van der Waals surface area contributed by atoms with E-state index >= 15 is 0 Å². The molecule has 0 aliphatic carbocycles. The number of carbonyl (C=O) groups excluding carboxylic acids is 1. The van der Waals surface area contributed by atoms with E-state index in [4.69, 9.17) is 11.6 Å². The van der Waals surface area contributed by atoms with Gasteiger partial charge in [0.25, 0.3) is 0 Å². The summed E-state index contributed by atoms with van der Waals surface area (Å²) in [4.78, 5) is 14.5. The van der Waals surface area contributed by atoms with Crippen molar-refractivity contribution in [2.24, 2.45) is 5.92 Å². The molecule has 0 radical (unpaired) electrons. The van der Waals surface area contributed by atoms with Crippen molar-refractivity contribution < 1.29 is 4.79 Å². The van der Waals surface area contributed by atoms with Crippen molar-refractivity contribution in [3.05, 3.63) is 29.3 Å². The summed E-state index contributed by atoms with van der Waals surface area (Å²) in [6, 6.07) is 8.16. The smallest absolute Gasteiger partial charge is 0.224 e. The number of nitrogens with one attached hydrogen (secondary N) is 2. The Morgan fingerprint density at radius 3 is 3.05 bits per heavy atom. The Morgan fingerprint density at radius 2 is 2.29 bits per heavy atom. The van der Waals surface area contributed by atoms with Gasteiger partial charge in [-0.3, -0.25) is 4.79 Å². The molecule has 2 atom stereocenters. The van der Waals surface area contributed by atoms with Crippen LogP contribution in [0.4, 0.5) is 5.69 Å². The molecule has 2 heterocycles. The molecule has 21 heavy (non-hydrogen) atoms. The lowest BCUT2D eigenvalue weighted by Gasteiger charge is -2.24. The molecule has 2 N–H and O–H groups in total. The first-order valence-corrected chi connectivity index (χ1v) is 8.12. The van der Waals surface area contributed by atoms with E-state index in [1.165, 1.54) is 0 Å². The molecule has 1 amide bonds. The second-order valence-corrected chi connectivity index (χ2v) is 6.40. The zero-order valence-corrected chi connectivity index (χ0v) is 12.9. The number of amides is 1. The average molecular weight is 308 g/mol. The summed E-state index contributed by atoms with van der Waals surface area (Å²) in [5.41, 5.74) is 1.14. The Hall–Kier alpha value is -1.26. The van der Waals surface area contributed by atoms with Gasteiger partial charge in [-0.1, -0.05) is 17.7 Å². The Morgan fingerprint density at radius 1 is 1.38 bits per heavy atom. The maximum Gasteiger partial charge on any atom is 0.224 e. The lowest BCUT2D eigenvalue weighted by atomic mass is 9.98. The third kappa shape index (κ3) is 3.69. The van der Waals surface area contributed by atoms with Crippen molar-refractivity contribution in [2.45, 2.75) is 25.3 Å². The largest absolute Gasteiger partial charge is 0.369 e. The van der Waals surface area contributed by atoms with Gasteiger partial charge in [-0.15, -0.1) is 0 Å². The van der Waals surface area contributed by atoms with Crippen LogP contribution in [0.15, 0.2) is 24.3 Å². The van der Waals surface area contributed by atoms with Gasteiger partial charge in [0.05, 0.1) is 5.92 Å². The van der Waals surface area contributed by atoms with Crippen LogP contribution in [-0.4, -0.2) is 38.1 Å². The molecule has 2 unspecified atom stereocenters. The minimum absolute atomic E-state index is 0.138. The van der Waals surface area contributed by atoms with Crippen molar-refractivity contribution in [1.29, 1.82) is 0 Å². The highest BCUT2D eigenvalue weighted by Crippen LogP contribution is 2.23. The topological polar surface area (TPSA) is 44.4 Å². The minimum Gasteiger partial charge on any atom is -0.369 e. The first-order chi connectivity index (χ1) is 10.2. The molecule has 0 saturated carbocycles. The van der Waals surface area contributed by atoms with Crippen molar-refractivity contribution in [3.63, 3.8) is 0 Å². The van der Waals surface area contributed by atoms with Gasteiger partial charge >= 0.3 is 0 Å². The monoisotopic (exact) mass is 307 g/mol. The van der Waals surface area contributed by atoms with Crippen molar-refractivity contribution in [2.75, 3.05) is 31.1 Å². The molecule has 1 aromatic carbocycles. The van der Waals surface area contributed by atoms with Crippen LogP contribution >= 0.6 is 11.6 Å². The molecule has 5 heteroatoms. The van der Waals surface area contributed by atoms with Gasteiger partial charge in [0.2, 0.25) is 5.91 Å². The van der Waals surface area contributed by atoms with Gasteiger partial charge in [0.1, 0.15) is 0 Å². The van der Waals surface area contributed by atoms with Gasteiger partial charge in [-0.2, -0.15) is 0 Å². The lowest BCUT2D eigenvalue weighted by Crippen LogP contribution is -2.45. The Labute approximate surface area is 130 Å². The molecule has 2 aliphatic rings. The molecular formula is C16H22ClN3O. The van der Waals surface area contributed by atoms with E-state index in [1.54, 1.807) is 0 Å². The van der Waals surface area contributed by atoms with Crippen LogP contribution in [0.3, 0.4) is 0 Å². The standard InChI is InChI=1S/C16H22ClN3O/c17-13-4-1-5-15(9-13)20-8-6-14(11-20)19-16(21)12-3-2-7-18-10-12/h1,4-5,9,12,14,18H,2-3,6-8,10-11H2,(H,19,21). The van der Waals surface area contributed by atoms with Crippen LogP contribution in [-0.2, 0) is 4.79 Å². The van der Waals surface area contributed by atoms with Gasteiger partial charge in [-0.25, -0.2) is 0 Å². The predicted molar refractivity (Wildman–Crippen MR) is 85.8 cm³/mol. The quantitative estimate of drug-likeness (QED) is 0.898.